The van der Waals surface area contributed by atoms with E-state index in [1.54, 1.807) is 6.07 Å². The number of carbonyl (C=O) groups is 1. The highest BCUT2D eigenvalue weighted by Crippen LogP contribution is 2.29. The smallest absolute Gasteiger partial charge is 0.368 e. The molecular weight excluding hydrogens is 347 g/mol. The van der Waals surface area contributed by atoms with E-state index in [9.17, 15) is 18.0 Å². The first-order valence-corrected chi connectivity index (χ1v) is 7.96. The number of nitrogens with two attached hydrogens (primary N) is 1. The number of aromatic nitrogens is 1. The van der Waals surface area contributed by atoms with Crippen LogP contribution in [0.15, 0.2) is 30.3 Å². The summed E-state index contributed by atoms with van der Waals surface area (Å²) in [5, 5.41) is 8.35. The van der Waals surface area contributed by atoms with E-state index in [4.69, 9.17) is 5.73 Å². The maximum absolute atomic E-state index is 12.6. The molecule has 1 aliphatic rings. The van der Waals surface area contributed by atoms with Gasteiger partial charge in [-0.25, -0.2) is 4.98 Å². The average molecular weight is 365 g/mol. The molecule has 0 spiro atoms. The minimum absolute atomic E-state index is 0.218. The second-order valence-electron chi connectivity index (χ2n) is 6.10. The van der Waals surface area contributed by atoms with Crippen LogP contribution in [-0.4, -0.2) is 29.7 Å². The molecule has 5 N–H and O–H groups in total. The first kappa shape index (κ1) is 18.0. The number of fused-ring (bicyclic) bond motifs is 1. The summed E-state index contributed by atoms with van der Waals surface area (Å²) in [7, 11) is 0. The molecule has 1 amide bonds. The van der Waals surface area contributed by atoms with Crippen LogP contribution in [0.4, 0.5) is 30.5 Å². The molecule has 1 aliphatic heterocycles. The van der Waals surface area contributed by atoms with E-state index >= 15 is 0 Å². The summed E-state index contributed by atoms with van der Waals surface area (Å²) in [6.07, 6.45) is -4.50. The van der Waals surface area contributed by atoms with E-state index in [2.05, 4.69) is 20.9 Å². The van der Waals surface area contributed by atoms with Crippen LogP contribution in [0.3, 0.4) is 0 Å². The van der Waals surface area contributed by atoms with Crippen molar-refractivity contribution in [2.45, 2.75) is 25.7 Å². The number of halogens is 3. The quantitative estimate of drug-likeness (QED) is 0.654. The molecule has 1 atom stereocenters. The van der Waals surface area contributed by atoms with Gasteiger partial charge in [-0.05, 0) is 36.2 Å². The van der Waals surface area contributed by atoms with Crippen LogP contribution in [0.5, 0.6) is 0 Å². The Labute approximate surface area is 148 Å². The number of nitrogens with one attached hydrogen (secondary N) is 3. The highest BCUT2D eigenvalue weighted by Gasteiger charge is 2.36. The molecule has 0 saturated carbocycles. The van der Waals surface area contributed by atoms with E-state index in [1.165, 1.54) is 0 Å². The largest absolute Gasteiger partial charge is 0.405 e. The van der Waals surface area contributed by atoms with Crippen molar-refractivity contribution >= 4 is 23.2 Å². The number of carbonyl (C=O) groups excluding carboxylic acids is 1. The third kappa shape index (κ3) is 3.88. The molecule has 9 heteroatoms. The summed E-state index contributed by atoms with van der Waals surface area (Å²) in [6, 6.07) is 7.01. The van der Waals surface area contributed by atoms with E-state index in [0.29, 0.717) is 17.7 Å². The van der Waals surface area contributed by atoms with Crippen LogP contribution < -0.4 is 21.7 Å². The molecule has 1 aromatic heterocycles. The molecular formula is C17H18F3N5O. The van der Waals surface area contributed by atoms with Gasteiger partial charge in [0.2, 0.25) is 0 Å². The van der Waals surface area contributed by atoms with Gasteiger partial charge in [-0.2, -0.15) is 13.2 Å². The van der Waals surface area contributed by atoms with Gasteiger partial charge in [-0.15, -0.1) is 0 Å². The van der Waals surface area contributed by atoms with Gasteiger partial charge < -0.3 is 21.7 Å². The van der Waals surface area contributed by atoms with Crippen molar-refractivity contribution in [1.82, 2.24) is 10.3 Å². The van der Waals surface area contributed by atoms with Gasteiger partial charge in [-0.3, -0.25) is 4.79 Å². The third-order valence-corrected chi connectivity index (χ3v) is 3.97. The van der Waals surface area contributed by atoms with Gasteiger partial charge in [0, 0.05) is 18.8 Å². The second kappa shape index (κ2) is 6.83. The Morgan fingerprint density at radius 2 is 2.12 bits per heavy atom. The maximum Gasteiger partial charge on any atom is 0.405 e. The van der Waals surface area contributed by atoms with Gasteiger partial charge >= 0.3 is 6.18 Å². The van der Waals surface area contributed by atoms with Gasteiger partial charge in [0.05, 0.1) is 5.56 Å². The monoisotopic (exact) mass is 365 g/mol. The Bertz CT molecular complexity index is 838. The van der Waals surface area contributed by atoms with E-state index < -0.39 is 18.8 Å². The summed E-state index contributed by atoms with van der Waals surface area (Å²) >= 11 is 0. The molecule has 1 unspecified atom stereocenters. The highest BCUT2D eigenvalue weighted by molar-refractivity contribution is 6.03. The van der Waals surface area contributed by atoms with Crippen molar-refractivity contribution in [1.29, 1.82) is 0 Å². The lowest BCUT2D eigenvalue weighted by Crippen LogP contribution is -2.42. The number of aryl methyl sites for hydroxylation is 1. The minimum atomic E-state index is -4.50. The zero-order valence-corrected chi connectivity index (χ0v) is 13.9. The lowest BCUT2D eigenvalue weighted by atomic mass is 10.1. The highest BCUT2D eigenvalue weighted by atomic mass is 19.4. The van der Waals surface area contributed by atoms with Crippen LogP contribution in [-0.2, 0) is 6.54 Å². The molecule has 26 heavy (non-hydrogen) atoms. The Morgan fingerprint density at radius 3 is 2.81 bits per heavy atom. The van der Waals surface area contributed by atoms with Crippen molar-refractivity contribution in [3.05, 3.63) is 47.0 Å². The zero-order chi connectivity index (χ0) is 18.9. The molecule has 0 bridgehead atoms. The number of pyridine rings is 1. The van der Waals surface area contributed by atoms with E-state index in [-0.39, 0.29) is 17.5 Å². The van der Waals surface area contributed by atoms with Crippen LogP contribution >= 0.6 is 0 Å². The molecule has 0 fully saturated rings. The molecule has 6 nitrogen and oxygen atoms in total. The molecule has 138 valence electrons. The predicted octanol–water partition coefficient (Wildman–Crippen LogP) is 2.68. The van der Waals surface area contributed by atoms with Gasteiger partial charge in [0.15, 0.2) is 0 Å². The molecule has 2 aromatic rings. The molecule has 0 saturated heterocycles. The normalized spacial score (nSPS) is 14.6. The number of rotatable bonds is 5. The van der Waals surface area contributed by atoms with Crippen molar-refractivity contribution in [3.8, 4) is 0 Å². The second-order valence-corrected chi connectivity index (χ2v) is 6.10. The summed E-state index contributed by atoms with van der Waals surface area (Å²) in [5.41, 5.74) is 7.90. The topological polar surface area (TPSA) is 92.1 Å². The zero-order valence-electron chi connectivity index (χ0n) is 13.9. The first-order chi connectivity index (χ1) is 12.2. The number of amides is 1. The average Bonchev–Trinajstić information content (AvgIpc) is 2.93. The Balaban J connectivity index is 1.88. The molecule has 1 aromatic carbocycles. The third-order valence-electron chi connectivity index (χ3n) is 3.97. The fourth-order valence-electron chi connectivity index (χ4n) is 2.63. The number of hydrogen-bond acceptors (Lipinski definition) is 5. The lowest BCUT2D eigenvalue weighted by molar-refractivity contribution is -0.144. The van der Waals surface area contributed by atoms with Crippen LogP contribution in [0.2, 0.25) is 0 Å². The number of alkyl halides is 3. The lowest BCUT2D eigenvalue weighted by Gasteiger charge is -2.17. The SMILES string of the molecule is Cc1cccc(Nc2nc(NCC(N)C(F)(F)F)cc3c2C(=O)NC3)c1. The number of nitrogens with zero attached hydrogens (tertiary/aromatic N) is 1. The predicted molar refractivity (Wildman–Crippen MR) is 92.4 cm³/mol. The summed E-state index contributed by atoms with van der Waals surface area (Å²) < 4.78 is 37.7. The van der Waals surface area contributed by atoms with E-state index in [0.717, 1.165) is 11.3 Å². The number of benzene rings is 1. The maximum atomic E-state index is 12.6. The Morgan fingerprint density at radius 1 is 1.35 bits per heavy atom. The van der Waals surface area contributed by atoms with Gasteiger partial charge in [0.25, 0.3) is 5.91 Å². The fraction of sp³-hybridized carbons (Fsp3) is 0.294. The minimum Gasteiger partial charge on any atom is -0.368 e. The van der Waals surface area contributed by atoms with Crippen molar-refractivity contribution in [3.63, 3.8) is 0 Å². The first-order valence-electron chi connectivity index (χ1n) is 7.96. The molecule has 0 aliphatic carbocycles. The Hall–Kier alpha value is -2.81. The molecule has 0 radical (unpaired) electrons. The number of hydrogen-bond donors (Lipinski definition) is 4. The summed E-state index contributed by atoms with van der Waals surface area (Å²) in [5.74, 6) is 0.225. The standard InChI is InChI=1S/C17H18F3N5O/c1-9-3-2-4-11(5-9)24-15-14-10(7-23-16(14)26)6-13(25-15)22-8-12(21)17(18,19)20/h2-6,12H,7-8,21H2,1H3,(H,23,26)(H2,22,24,25). The van der Waals surface area contributed by atoms with Crippen molar-refractivity contribution in [2.24, 2.45) is 5.73 Å². The van der Waals surface area contributed by atoms with Crippen LogP contribution in [0.25, 0.3) is 0 Å². The summed E-state index contributed by atoms with van der Waals surface area (Å²) in [4.78, 5) is 16.3. The number of anilines is 3. The van der Waals surface area contributed by atoms with Gasteiger partial charge in [-0.1, -0.05) is 12.1 Å². The van der Waals surface area contributed by atoms with Gasteiger partial charge in [0.1, 0.15) is 17.7 Å². The molecule has 2 heterocycles. The Kier molecular flexibility index (Phi) is 4.73. The van der Waals surface area contributed by atoms with E-state index in [1.807, 2.05) is 31.2 Å². The van der Waals surface area contributed by atoms with Crippen molar-refractivity contribution < 1.29 is 18.0 Å². The molecule has 3 rings (SSSR count). The van der Waals surface area contributed by atoms with Crippen molar-refractivity contribution in [2.75, 3.05) is 17.2 Å². The summed E-state index contributed by atoms with van der Waals surface area (Å²) in [6.45, 7) is 1.70. The fourth-order valence-corrected chi connectivity index (χ4v) is 2.63. The van der Waals surface area contributed by atoms with Crippen LogP contribution in [0, 0.1) is 6.92 Å². The van der Waals surface area contributed by atoms with Crippen LogP contribution in [0.1, 0.15) is 21.5 Å².